The Kier molecular flexibility index (Phi) is 4.12. The molecule has 2 N–H and O–H groups in total. The fourth-order valence-corrected chi connectivity index (χ4v) is 5.13. The second kappa shape index (κ2) is 6.21. The molecule has 0 fully saturated rings. The van der Waals surface area contributed by atoms with Crippen LogP contribution in [0.3, 0.4) is 0 Å². The molecule has 136 valence electrons. The van der Waals surface area contributed by atoms with E-state index in [4.69, 9.17) is 0 Å². The van der Waals surface area contributed by atoms with E-state index < -0.39 is 5.97 Å². The Balaban J connectivity index is 1.88. The van der Waals surface area contributed by atoms with Gasteiger partial charge in [0.15, 0.2) is 0 Å². The van der Waals surface area contributed by atoms with Crippen LogP contribution in [0.2, 0.25) is 0 Å². The third-order valence-electron chi connectivity index (χ3n) is 5.19. The molecule has 3 heterocycles. The number of imidazole rings is 1. The number of fused-ring (bicyclic) bond motifs is 2. The van der Waals surface area contributed by atoms with E-state index in [1.54, 1.807) is 11.3 Å². The summed E-state index contributed by atoms with van der Waals surface area (Å²) in [6.07, 6.45) is 6.77. The van der Waals surface area contributed by atoms with Gasteiger partial charge in [0.2, 0.25) is 0 Å². The van der Waals surface area contributed by atoms with E-state index in [0.29, 0.717) is 12.1 Å². The van der Waals surface area contributed by atoms with Crippen molar-refractivity contribution in [3.05, 3.63) is 46.2 Å². The molecular weight excluding hydrogens is 346 g/mol. The highest BCUT2D eigenvalue weighted by molar-refractivity contribution is 7.16. The van der Waals surface area contributed by atoms with Crippen LogP contribution in [0.25, 0.3) is 16.1 Å². The van der Waals surface area contributed by atoms with Gasteiger partial charge in [-0.15, -0.1) is 11.3 Å². The largest absolute Gasteiger partial charge is 0.478 e. The van der Waals surface area contributed by atoms with E-state index in [1.807, 2.05) is 36.0 Å². The maximum atomic E-state index is 12.1. The Morgan fingerprint density at radius 2 is 2.23 bits per heavy atom. The molecule has 1 aliphatic carbocycles. The summed E-state index contributed by atoms with van der Waals surface area (Å²) in [4.78, 5) is 18.6. The first-order chi connectivity index (χ1) is 12.4. The second-order valence-corrected chi connectivity index (χ2v) is 8.89. The van der Waals surface area contributed by atoms with E-state index in [-0.39, 0.29) is 5.41 Å². The molecule has 3 aromatic rings. The number of nitrogens with one attached hydrogen (secondary N) is 1. The summed E-state index contributed by atoms with van der Waals surface area (Å²) in [5.41, 5.74) is 4.57. The monoisotopic (exact) mass is 369 g/mol. The van der Waals surface area contributed by atoms with Crippen molar-refractivity contribution in [1.82, 2.24) is 14.7 Å². The van der Waals surface area contributed by atoms with E-state index in [9.17, 15) is 9.90 Å². The van der Waals surface area contributed by atoms with Crippen molar-refractivity contribution in [3.8, 4) is 10.4 Å². The van der Waals surface area contributed by atoms with Gasteiger partial charge in [-0.3, -0.25) is 0 Å². The fourth-order valence-electron chi connectivity index (χ4n) is 3.83. The lowest BCUT2D eigenvalue weighted by Crippen LogP contribution is -2.22. The quantitative estimate of drug-likeness (QED) is 0.730. The summed E-state index contributed by atoms with van der Waals surface area (Å²) in [5, 5.41) is 13.1. The molecule has 6 heteroatoms. The molecule has 0 spiro atoms. The number of carboxylic acids is 1. The molecular formula is C20H23N3O2S. The number of hydrogen-bond donors (Lipinski definition) is 2. The van der Waals surface area contributed by atoms with E-state index in [0.717, 1.165) is 46.6 Å². The number of carboxylic acid groups (broad SMARTS) is 1. The lowest BCUT2D eigenvalue weighted by molar-refractivity contribution is 0.0696. The van der Waals surface area contributed by atoms with E-state index in [1.165, 1.54) is 4.88 Å². The Bertz CT molecular complexity index is 1000. The fraction of sp³-hybridized carbons (Fsp3) is 0.400. The van der Waals surface area contributed by atoms with Crippen LogP contribution in [-0.2, 0) is 19.4 Å². The van der Waals surface area contributed by atoms with Crippen molar-refractivity contribution in [2.45, 2.75) is 39.7 Å². The zero-order valence-corrected chi connectivity index (χ0v) is 16.1. The summed E-state index contributed by atoms with van der Waals surface area (Å²) >= 11 is 1.64. The SMILES string of the molecule is CNCc1cnc2ccc(-c3sc4c(c3C(=O)O)CC(C)(C)CC4)cn12. The van der Waals surface area contributed by atoms with Crippen molar-refractivity contribution >= 4 is 23.0 Å². The van der Waals surface area contributed by atoms with Crippen molar-refractivity contribution in [3.63, 3.8) is 0 Å². The summed E-state index contributed by atoms with van der Waals surface area (Å²) in [5.74, 6) is -0.823. The molecule has 0 saturated carbocycles. The number of nitrogens with zero attached hydrogens (tertiary/aromatic N) is 2. The first kappa shape index (κ1) is 17.2. The van der Waals surface area contributed by atoms with Crippen LogP contribution < -0.4 is 5.32 Å². The van der Waals surface area contributed by atoms with Crippen LogP contribution in [-0.4, -0.2) is 27.5 Å². The molecule has 3 aromatic heterocycles. The molecule has 0 unspecified atom stereocenters. The van der Waals surface area contributed by atoms with Gasteiger partial charge in [0.25, 0.3) is 0 Å². The molecule has 4 rings (SSSR count). The maximum Gasteiger partial charge on any atom is 0.337 e. The van der Waals surface area contributed by atoms with Gasteiger partial charge in [0.05, 0.1) is 22.3 Å². The van der Waals surface area contributed by atoms with Crippen molar-refractivity contribution in [2.75, 3.05) is 7.05 Å². The first-order valence-corrected chi connectivity index (χ1v) is 9.70. The Hall–Kier alpha value is -2.18. The number of pyridine rings is 1. The molecule has 0 aromatic carbocycles. The second-order valence-electron chi connectivity index (χ2n) is 7.78. The van der Waals surface area contributed by atoms with Crippen LogP contribution in [0.5, 0.6) is 0 Å². The minimum Gasteiger partial charge on any atom is -0.478 e. The van der Waals surface area contributed by atoms with Gasteiger partial charge in [0, 0.05) is 23.2 Å². The van der Waals surface area contributed by atoms with Crippen molar-refractivity contribution in [1.29, 1.82) is 0 Å². The lowest BCUT2D eigenvalue weighted by atomic mass is 9.76. The van der Waals surface area contributed by atoms with Gasteiger partial charge in [-0.25, -0.2) is 9.78 Å². The predicted octanol–water partition coefficient (Wildman–Crippen LogP) is 4.00. The topological polar surface area (TPSA) is 66.6 Å². The minimum absolute atomic E-state index is 0.157. The number of hydrogen-bond acceptors (Lipinski definition) is 4. The molecule has 26 heavy (non-hydrogen) atoms. The summed E-state index contributed by atoms with van der Waals surface area (Å²) in [6.45, 7) is 5.16. The van der Waals surface area contributed by atoms with Crippen molar-refractivity contribution < 1.29 is 9.90 Å². The number of thiophene rings is 1. The van der Waals surface area contributed by atoms with Crippen LogP contribution in [0.4, 0.5) is 0 Å². The molecule has 0 atom stereocenters. The standard InChI is InChI=1S/C20H23N3O2S/c1-20(2)7-6-15-14(8-20)17(19(24)25)18(26-15)12-4-5-16-22-10-13(9-21-3)23(16)11-12/h4-5,10-11,21H,6-9H2,1-3H3,(H,24,25). The van der Waals surface area contributed by atoms with Crippen LogP contribution in [0, 0.1) is 5.41 Å². The molecule has 0 aliphatic heterocycles. The number of aryl methyl sites for hydroxylation is 1. The third kappa shape index (κ3) is 2.83. The average Bonchev–Trinajstić information content (AvgIpc) is 3.15. The molecule has 0 radical (unpaired) electrons. The molecule has 0 amide bonds. The third-order valence-corrected chi connectivity index (χ3v) is 6.53. The highest BCUT2D eigenvalue weighted by Gasteiger charge is 2.33. The van der Waals surface area contributed by atoms with Gasteiger partial charge in [-0.05, 0) is 49.4 Å². The van der Waals surface area contributed by atoms with E-state index in [2.05, 4.69) is 24.1 Å². The molecule has 0 saturated heterocycles. The maximum absolute atomic E-state index is 12.1. The Morgan fingerprint density at radius 3 is 2.96 bits per heavy atom. The minimum atomic E-state index is -0.823. The normalized spacial score (nSPS) is 16.0. The van der Waals surface area contributed by atoms with Gasteiger partial charge in [0.1, 0.15) is 5.65 Å². The zero-order chi connectivity index (χ0) is 18.5. The van der Waals surface area contributed by atoms with Gasteiger partial charge in [-0.2, -0.15) is 0 Å². The highest BCUT2D eigenvalue weighted by Crippen LogP contribution is 2.45. The van der Waals surface area contributed by atoms with Crippen LogP contribution >= 0.6 is 11.3 Å². The summed E-state index contributed by atoms with van der Waals surface area (Å²) < 4.78 is 2.04. The van der Waals surface area contributed by atoms with Crippen molar-refractivity contribution in [2.24, 2.45) is 5.41 Å². The van der Waals surface area contributed by atoms with Crippen LogP contribution in [0.15, 0.2) is 24.5 Å². The summed E-state index contributed by atoms with van der Waals surface area (Å²) in [6, 6.07) is 3.95. The molecule has 1 aliphatic rings. The van der Waals surface area contributed by atoms with Crippen LogP contribution in [0.1, 0.15) is 46.8 Å². The first-order valence-electron chi connectivity index (χ1n) is 8.88. The van der Waals surface area contributed by atoms with Gasteiger partial charge < -0.3 is 14.8 Å². The number of aromatic carboxylic acids is 1. The predicted molar refractivity (Wildman–Crippen MR) is 104 cm³/mol. The number of rotatable bonds is 4. The number of aromatic nitrogens is 2. The lowest BCUT2D eigenvalue weighted by Gasteiger charge is -2.29. The Labute approximate surface area is 156 Å². The van der Waals surface area contributed by atoms with Gasteiger partial charge in [-0.1, -0.05) is 13.8 Å². The molecule has 0 bridgehead atoms. The van der Waals surface area contributed by atoms with Gasteiger partial charge >= 0.3 is 5.97 Å². The smallest absolute Gasteiger partial charge is 0.337 e. The van der Waals surface area contributed by atoms with E-state index >= 15 is 0 Å². The highest BCUT2D eigenvalue weighted by atomic mass is 32.1. The Morgan fingerprint density at radius 1 is 1.42 bits per heavy atom. The average molecular weight is 369 g/mol. The number of carbonyl (C=O) groups is 1. The summed E-state index contributed by atoms with van der Waals surface area (Å²) in [7, 11) is 1.90. The molecule has 5 nitrogen and oxygen atoms in total. The zero-order valence-electron chi connectivity index (χ0n) is 15.3.